The first kappa shape index (κ1) is 16.6. The molecule has 2 rings (SSSR count). The second-order valence-electron chi connectivity index (χ2n) is 5.80. The monoisotopic (exact) mass is 306 g/mol. The highest BCUT2D eigenvalue weighted by molar-refractivity contribution is 5.82. The summed E-state index contributed by atoms with van der Waals surface area (Å²) in [6.45, 7) is 1.82. The molecule has 0 radical (unpaired) electrons. The highest BCUT2D eigenvalue weighted by Crippen LogP contribution is 2.32. The van der Waals surface area contributed by atoms with E-state index in [0.29, 0.717) is 13.0 Å². The lowest BCUT2D eigenvalue weighted by Crippen LogP contribution is -2.43. The van der Waals surface area contributed by atoms with E-state index in [1.807, 2.05) is 43.3 Å². The van der Waals surface area contributed by atoms with Crippen molar-refractivity contribution in [1.82, 2.24) is 4.90 Å². The fraction of sp³-hybridized carbons (Fsp3) is 0.529. The van der Waals surface area contributed by atoms with Crippen molar-refractivity contribution in [2.75, 3.05) is 13.1 Å². The fourth-order valence-electron chi connectivity index (χ4n) is 3.12. The van der Waals surface area contributed by atoms with Crippen molar-refractivity contribution in [1.29, 1.82) is 5.26 Å². The van der Waals surface area contributed by atoms with Gasteiger partial charge in [0.15, 0.2) is 0 Å². The molecule has 1 aromatic rings. The third-order valence-corrected chi connectivity index (χ3v) is 4.42. The molecule has 0 amide bonds. The van der Waals surface area contributed by atoms with Gasteiger partial charge in [-0.25, -0.2) is 8.78 Å². The highest BCUT2D eigenvalue weighted by atomic mass is 19.3. The van der Waals surface area contributed by atoms with Crippen molar-refractivity contribution in [2.24, 2.45) is 5.92 Å². The minimum absolute atomic E-state index is 0.00788. The van der Waals surface area contributed by atoms with Crippen LogP contribution >= 0.6 is 0 Å². The van der Waals surface area contributed by atoms with Gasteiger partial charge in [0, 0.05) is 18.9 Å². The molecule has 3 atom stereocenters. The predicted octanol–water partition coefficient (Wildman–Crippen LogP) is 3.23. The molecule has 3 nitrogen and oxygen atoms in total. The molecule has 1 unspecified atom stereocenters. The van der Waals surface area contributed by atoms with Crippen molar-refractivity contribution < 1.29 is 13.6 Å². The van der Waals surface area contributed by atoms with Gasteiger partial charge in [-0.15, -0.1) is 0 Å². The first-order valence-corrected chi connectivity index (χ1v) is 7.52. The zero-order valence-corrected chi connectivity index (χ0v) is 12.6. The van der Waals surface area contributed by atoms with E-state index in [2.05, 4.69) is 0 Å². The van der Waals surface area contributed by atoms with Crippen LogP contribution < -0.4 is 0 Å². The first-order chi connectivity index (χ1) is 10.5. The molecule has 0 saturated carbocycles. The number of nitriles is 1. The van der Waals surface area contributed by atoms with Crippen LogP contribution in [0.4, 0.5) is 8.78 Å². The molecule has 1 heterocycles. The van der Waals surface area contributed by atoms with E-state index in [1.54, 1.807) is 0 Å². The zero-order valence-electron chi connectivity index (χ0n) is 12.6. The van der Waals surface area contributed by atoms with Crippen LogP contribution in [0, 0.1) is 17.2 Å². The average Bonchev–Trinajstić information content (AvgIpc) is 2.51. The average molecular weight is 306 g/mol. The van der Waals surface area contributed by atoms with Crippen LogP contribution in [0.3, 0.4) is 0 Å². The second kappa shape index (κ2) is 7.46. The van der Waals surface area contributed by atoms with Crippen molar-refractivity contribution in [3.8, 4) is 6.07 Å². The van der Waals surface area contributed by atoms with Crippen LogP contribution in [-0.2, 0) is 4.79 Å². The predicted molar refractivity (Wildman–Crippen MR) is 79.6 cm³/mol. The number of nitrogens with zero attached hydrogens (tertiary/aromatic N) is 2. The molecular weight excluding hydrogens is 286 g/mol. The van der Waals surface area contributed by atoms with Crippen LogP contribution in [0.15, 0.2) is 30.3 Å². The summed E-state index contributed by atoms with van der Waals surface area (Å²) in [5, 5.41) is 9.19. The van der Waals surface area contributed by atoms with Gasteiger partial charge < -0.3 is 0 Å². The molecule has 0 bridgehead atoms. The lowest BCUT2D eigenvalue weighted by atomic mass is 9.79. The first-order valence-electron chi connectivity index (χ1n) is 7.52. The Morgan fingerprint density at radius 1 is 1.36 bits per heavy atom. The lowest BCUT2D eigenvalue weighted by Gasteiger charge is -2.34. The van der Waals surface area contributed by atoms with Crippen molar-refractivity contribution in [3.05, 3.63) is 35.9 Å². The normalized spacial score (nSPS) is 27.2. The number of benzene rings is 1. The quantitative estimate of drug-likeness (QED) is 0.861. The summed E-state index contributed by atoms with van der Waals surface area (Å²) in [6, 6.07) is 10.9. The zero-order chi connectivity index (χ0) is 16.1. The molecule has 1 saturated heterocycles. The van der Waals surface area contributed by atoms with Gasteiger partial charge in [0.1, 0.15) is 11.8 Å². The number of ketones is 1. The van der Waals surface area contributed by atoms with Crippen molar-refractivity contribution in [3.63, 3.8) is 0 Å². The SMILES string of the molecule is C[C@H]1C(=O)CC(C#N)N(CC(F)F)CC[C@@H]1c1ccccc1. The summed E-state index contributed by atoms with van der Waals surface area (Å²) in [6.07, 6.45) is -1.88. The van der Waals surface area contributed by atoms with Crippen molar-refractivity contribution >= 4 is 5.78 Å². The van der Waals surface area contributed by atoms with Crippen LogP contribution in [0.25, 0.3) is 0 Å². The van der Waals surface area contributed by atoms with Gasteiger partial charge in [-0.05, 0) is 17.9 Å². The fourth-order valence-corrected chi connectivity index (χ4v) is 3.12. The number of carbonyl (C=O) groups is 1. The molecule has 1 fully saturated rings. The molecule has 1 aromatic carbocycles. The highest BCUT2D eigenvalue weighted by Gasteiger charge is 2.33. The Morgan fingerprint density at radius 3 is 2.64 bits per heavy atom. The third-order valence-electron chi connectivity index (χ3n) is 4.42. The molecule has 0 aromatic heterocycles. The smallest absolute Gasteiger partial charge is 0.251 e. The molecule has 0 aliphatic carbocycles. The Morgan fingerprint density at radius 2 is 2.05 bits per heavy atom. The molecule has 0 spiro atoms. The van der Waals surface area contributed by atoms with Crippen LogP contribution in [-0.4, -0.2) is 36.2 Å². The minimum Gasteiger partial charge on any atom is -0.299 e. The second-order valence-corrected chi connectivity index (χ2v) is 5.80. The Balaban J connectivity index is 2.23. The van der Waals surface area contributed by atoms with Crippen LogP contribution in [0.1, 0.15) is 31.2 Å². The summed E-state index contributed by atoms with van der Waals surface area (Å²) >= 11 is 0. The van der Waals surface area contributed by atoms with Gasteiger partial charge in [-0.1, -0.05) is 37.3 Å². The van der Waals surface area contributed by atoms with Crippen molar-refractivity contribution in [2.45, 2.75) is 38.2 Å². The maximum Gasteiger partial charge on any atom is 0.251 e. The number of rotatable bonds is 3. The summed E-state index contributed by atoms with van der Waals surface area (Å²) in [5.74, 6) is -0.222. The van der Waals surface area contributed by atoms with Crippen LogP contribution in [0.5, 0.6) is 0 Å². The van der Waals surface area contributed by atoms with E-state index in [4.69, 9.17) is 0 Å². The van der Waals surface area contributed by atoms with Gasteiger partial charge in [0.05, 0.1) is 12.6 Å². The number of hydrogen-bond acceptors (Lipinski definition) is 3. The topological polar surface area (TPSA) is 44.1 Å². The van der Waals surface area contributed by atoms with E-state index < -0.39 is 19.0 Å². The van der Waals surface area contributed by atoms with Gasteiger partial charge >= 0.3 is 0 Å². The number of alkyl halides is 2. The molecule has 118 valence electrons. The Labute approximate surface area is 129 Å². The molecule has 1 aliphatic rings. The maximum absolute atomic E-state index is 12.7. The van der Waals surface area contributed by atoms with E-state index >= 15 is 0 Å². The number of carbonyl (C=O) groups excluding carboxylic acids is 1. The van der Waals surface area contributed by atoms with E-state index in [0.717, 1.165) is 5.56 Å². The lowest BCUT2D eigenvalue weighted by molar-refractivity contribution is -0.125. The Bertz CT molecular complexity index is 541. The number of likely N-dealkylation sites (tertiary alicyclic amines) is 1. The maximum atomic E-state index is 12.7. The molecular formula is C17H20F2N2O. The summed E-state index contributed by atoms with van der Waals surface area (Å²) in [4.78, 5) is 13.8. The number of Topliss-reactive ketones (excluding diaryl/α,β-unsaturated/α-hetero) is 1. The van der Waals surface area contributed by atoms with E-state index in [1.165, 1.54) is 4.90 Å². The Hall–Kier alpha value is -1.80. The standard InChI is InChI=1S/C17H20F2N2O/c1-12-15(13-5-3-2-4-6-13)7-8-21(11-17(18)19)14(10-20)9-16(12)22/h2-6,12,14-15,17H,7-9,11H2,1H3/t12-,14?,15+/m1/s1. The molecule has 5 heteroatoms. The molecule has 1 aliphatic heterocycles. The summed E-state index contributed by atoms with van der Waals surface area (Å²) < 4.78 is 25.4. The summed E-state index contributed by atoms with van der Waals surface area (Å²) in [5.41, 5.74) is 1.05. The number of hydrogen-bond donors (Lipinski definition) is 0. The minimum atomic E-state index is -2.50. The Kier molecular flexibility index (Phi) is 5.62. The molecule has 0 N–H and O–H groups in total. The van der Waals surface area contributed by atoms with E-state index in [9.17, 15) is 18.8 Å². The summed E-state index contributed by atoms with van der Waals surface area (Å²) in [7, 11) is 0. The molecule has 22 heavy (non-hydrogen) atoms. The van der Waals surface area contributed by atoms with Gasteiger partial charge in [-0.2, -0.15) is 5.26 Å². The van der Waals surface area contributed by atoms with Gasteiger partial charge in [-0.3, -0.25) is 9.69 Å². The third kappa shape index (κ3) is 3.89. The van der Waals surface area contributed by atoms with Crippen LogP contribution in [0.2, 0.25) is 0 Å². The van der Waals surface area contributed by atoms with E-state index in [-0.39, 0.29) is 24.0 Å². The van der Waals surface area contributed by atoms with Gasteiger partial charge in [0.2, 0.25) is 0 Å². The number of halogens is 2. The van der Waals surface area contributed by atoms with Gasteiger partial charge in [0.25, 0.3) is 6.43 Å². The largest absolute Gasteiger partial charge is 0.299 e.